The van der Waals surface area contributed by atoms with E-state index < -0.39 is 34.2 Å². The molecule has 0 saturated carbocycles. The molecule has 0 spiro atoms. The van der Waals surface area contributed by atoms with Crippen molar-refractivity contribution < 1.29 is 40.7 Å². The number of carbonyl (C=O) groups excluding carboxylic acids is 2. The van der Waals surface area contributed by atoms with E-state index in [9.17, 15) is 31.2 Å². The zero-order chi connectivity index (χ0) is 30.5. The zero-order valence-electron chi connectivity index (χ0n) is 23.0. The van der Waals surface area contributed by atoms with Crippen molar-refractivity contribution in [3.05, 3.63) is 83.4 Å². The molecule has 1 fully saturated rings. The highest BCUT2D eigenvalue weighted by molar-refractivity contribution is 7.92. The van der Waals surface area contributed by atoms with E-state index in [-0.39, 0.29) is 34.5 Å². The van der Waals surface area contributed by atoms with Crippen LogP contribution in [0.2, 0.25) is 0 Å². The predicted molar refractivity (Wildman–Crippen MR) is 148 cm³/mol. The molecule has 1 saturated heterocycles. The van der Waals surface area contributed by atoms with E-state index in [0.717, 1.165) is 24.1 Å². The highest BCUT2D eigenvalue weighted by Gasteiger charge is 2.33. The third-order valence-corrected chi connectivity index (χ3v) is 8.52. The maximum Gasteiger partial charge on any atom is 0.416 e. The maximum atomic E-state index is 13.7. The Balaban J connectivity index is 1.55. The van der Waals surface area contributed by atoms with Gasteiger partial charge in [0.1, 0.15) is 6.54 Å². The molecule has 0 atom stereocenters. The molecule has 3 aromatic carbocycles. The number of rotatable bonds is 11. The highest BCUT2D eigenvalue weighted by Crippen LogP contribution is 2.35. The monoisotopic (exact) mass is 605 g/mol. The number of likely N-dealkylation sites (tertiary alicyclic amines) is 1. The Hall–Kier alpha value is -4.26. The number of hydrogen-bond acceptors (Lipinski definition) is 6. The van der Waals surface area contributed by atoms with Crippen LogP contribution in [0.1, 0.15) is 29.5 Å². The summed E-state index contributed by atoms with van der Waals surface area (Å²) in [5.41, 5.74) is 0.240. The molecule has 13 heteroatoms. The van der Waals surface area contributed by atoms with Gasteiger partial charge in [-0.2, -0.15) is 13.2 Å². The summed E-state index contributed by atoms with van der Waals surface area (Å²) in [4.78, 5) is 26.3. The number of carbonyl (C=O) groups is 2. The first kappa shape index (κ1) is 30.7. The van der Waals surface area contributed by atoms with Crippen LogP contribution in [-0.4, -0.2) is 52.4 Å². The van der Waals surface area contributed by atoms with Crippen LogP contribution in [0.15, 0.2) is 71.6 Å². The molecule has 224 valence electrons. The molecule has 0 radical (unpaired) electrons. The average Bonchev–Trinajstić information content (AvgIpc) is 3.38. The molecular weight excluding hydrogens is 575 g/mol. The van der Waals surface area contributed by atoms with Crippen molar-refractivity contribution in [2.75, 3.05) is 31.6 Å². The topological polar surface area (TPSA) is 105 Å². The largest absolute Gasteiger partial charge is 0.493 e. The second-order valence-electron chi connectivity index (χ2n) is 9.59. The first-order chi connectivity index (χ1) is 19.9. The third kappa shape index (κ3) is 7.14. The van der Waals surface area contributed by atoms with Gasteiger partial charge in [-0.1, -0.05) is 30.3 Å². The van der Waals surface area contributed by atoms with Gasteiger partial charge in [-0.3, -0.25) is 13.9 Å². The van der Waals surface area contributed by atoms with Crippen LogP contribution in [-0.2, 0) is 38.9 Å². The Morgan fingerprint density at radius 1 is 0.976 bits per heavy atom. The van der Waals surface area contributed by atoms with E-state index in [1.54, 1.807) is 17.0 Å². The number of hydrogen-bond donors (Lipinski definition) is 1. The number of sulfonamides is 1. The number of methoxy groups -OCH3 is 2. The van der Waals surface area contributed by atoms with Gasteiger partial charge < -0.3 is 19.7 Å². The summed E-state index contributed by atoms with van der Waals surface area (Å²) in [5.74, 6) is -0.287. The Morgan fingerprint density at radius 3 is 2.29 bits per heavy atom. The number of ether oxygens (including phenoxy) is 2. The SMILES string of the molecule is COc1ccc(S(=O)(=O)N(CC(=O)NCc2ccc(CN3CCCC3=O)cc2)c2cccc(C(F)(F)F)c2)cc1OC. The highest BCUT2D eigenvalue weighted by atomic mass is 32.2. The lowest BCUT2D eigenvalue weighted by atomic mass is 10.1. The van der Waals surface area contributed by atoms with Gasteiger partial charge >= 0.3 is 6.18 Å². The Bertz CT molecular complexity index is 1540. The van der Waals surface area contributed by atoms with Crippen LogP contribution in [0.4, 0.5) is 18.9 Å². The summed E-state index contributed by atoms with van der Waals surface area (Å²) in [6.07, 6.45) is -3.35. The van der Waals surface area contributed by atoms with Gasteiger partial charge in [0, 0.05) is 32.1 Å². The normalized spacial score (nSPS) is 13.6. The maximum absolute atomic E-state index is 13.7. The van der Waals surface area contributed by atoms with Crippen molar-refractivity contribution in [2.24, 2.45) is 0 Å². The molecule has 9 nitrogen and oxygen atoms in total. The third-order valence-electron chi connectivity index (χ3n) is 6.75. The number of anilines is 1. The number of nitrogens with one attached hydrogen (secondary N) is 1. The molecule has 0 aromatic heterocycles. The van der Waals surface area contributed by atoms with E-state index in [1.165, 1.54) is 38.5 Å². The second-order valence-corrected chi connectivity index (χ2v) is 11.5. The summed E-state index contributed by atoms with van der Waals surface area (Å²) < 4.78 is 78.8. The van der Waals surface area contributed by atoms with Crippen molar-refractivity contribution in [1.82, 2.24) is 10.2 Å². The van der Waals surface area contributed by atoms with Crippen LogP contribution < -0.4 is 19.1 Å². The lowest BCUT2D eigenvalue weighted by Gasteiger charge is -2.25. The van der Waals surface area contributed by atoms with Crippen molar-refractivity contribution >= 4 is 27.5 Å². The standard InChI is InChI=1S/C29H30F3N3O6S/c1-40-25-13-12-24(16-26(25)41-2)42(38,39)35(23-6-3-5-22(15-23)29(30,31)32)19-27(36)33-17-20-8-10-21(11-9-20)18-34-14-4-7-28(34)37/h3,5-6,8-13,15-16H,4,7,14,17-19H2,1-2H3,(H,33,36). The summed E-state index contributed by atoms with van der Waals surface area (Å²) in [6, 6.07) is 14.7. The van der Waals surface area contributed by atoms with Crippen LogP contribution >= 0.6 is 0 Å². The summed E-state index contributed by atoms with van der Waals surface area (Å²) in [5, 5.41) is 2.63. The Kier molecular flexibility index (Phi) is 9.30. The molecule has 0 aliphatic carbocycles. The van der Waals surface area contributed by atoms with Crippen LogP contribution in [0.3, 0.4) is 0 Å². The molecule has 4 rings (SSSR count). The minimum absolute atomic E-state index is 0.0502. The molecule has 0 unspecified atom stereocenters. The summed E-state index contributed by atoms with van der Waals surface area (Å²) in [7, 11) is -1.86. The molecular formula is C29H30F3N3O6S. The molecule has 1 aliphatic heterocycles. The Labute approximate surface area is 241 Å². The summed E-state index contributed by atoms with van der Waals surface area (Å²) in [6.45, 7) is 0.471. The van der Waals surface area contributed by atoms with Gasteiger partial charge in [0.15, 0.2) is 11.5 Å². The van der Waals surface area contributed by atoms with Crippen LogP contribution in [0.25, 0.3) is 0 Å². The molecule has 1 heterocycles. The number of amides is 2. The van der Waals surface area contributed by atoms with E-state index in [0.29, 0.717) is 35.4 Å². The van der Waals surface area contributed by atoms with Crippen molar-refractivity contribution in [2.45, 2.75) is 37.0 Å². The van der Waals surface area contributed by atoms with E-state index >= 15 is 0 Å². The lowest BCUT2D eigenvalue weighted by molar-refractivity contribution is -0.137. The van der Waals surface area contributed by atoms with Gasteiger partial charge in [0.05, 0.1) is 30.4 Å². The molecule has 2 amide bonds. The molecule has 1 N–H and O–H groups in total. The second kappa shape index (κ2) is 12.7. The minimum atomic E-state index is -4.73. The fourth-order valence-corrected chi connectivity index (χ4v) is 5.93. The zero-order valence-corrected chi connectivity index (χ0v) is 23.8. The lowest BCUT2D eigenvalue weighted by Crippen LogP contribution is -2.40. The Morgan fingerprint density at radius 2 is 1.67 bits per heavy atom. The molecule has 42 heavy (non-hydrogen) atoms. The number of benzene rings is 3. The molecule has 3 aromatic rings. The summed E-state index contributed by atoms with van der Waals surface area (Å²) >= 11 is 0. The quantitative estimate of drug-likeness (QED) is 0.349. The fraction of sp³-hybridized carbons (Fsp3) is 0.310. The van der Waals surface area contributed by atoms with Gasteiger partial charge in [-0.05, 0) is 47.9 Å². The van der Waals surface area contributed by atoms with Gasteiger partial charge in [-0.25, -0.2) is 8.42 Å². The van der Waals surface area contributed by atoms with E-state index in [1.807, 2.05) is 12.1 Å². The van der Waals surface area contributed by atoms with Crippen molar-refractivity contribution in [3.8, 4) is 11.5 Å². The molecule has 1 aliphatic rings. The van der Waals surface area contributed by atoms with Crippen LogP contribution in [0, 0.1) is 0 Å². The van der Waals surface area contributed by atoms with E-state index in [4.69, 9.17) is 9.47 Å². The van der Waals surface area contributed by atoms with Crippen molar-refractivity contribution in [1.29, 1.82) is 0 Å². The van der Waals surface area contributed by atoms with Gasteiger partial charge in [0.2, 0.25) is 11.8 Å². The first-order valence-corrected chi connectivity index (χ1v) is 14.4. The van der Waals surface area contributed by atoms with Crippen LogP contribution in [0.5, 0.6) is 11.5 Å². The predicted octanol–water partition coefficient (Wildman–Crippen LogP) is 4.36. The van der Waals surface area contributed by atoms with Gasteiger partial charge in [0.25, 0.3) is 10.0 Å². The minimum Gasteiger partial charge on any atom is -0.493 e. The van der Waals surface area contributed by atoms with E-state index in [2.05, 4.69) is 5.32 Å². The van der Waals surface area contributed by atoms with Gasteiger partial charge in [-0.15, -0.1) is 0 Å². The fourth-order valence-electron chi connectivity index (χ4n) is 4.50. The smallest absolute Gasteiger partial charge is 0.416 e. The molecule has 0 bridgehead atoms. The average molecular weight is 606 g/mol. The number of halogens is 3. The number of alkyl halides is 3. The number of nitrogens with zero attached hydrogens (tertiary/aromatic N) is 2. The van der Waals surface area contributed by atoms with Crippen molar-refractivity contribution in [3.63, 3.8) is 0 Å². The first-order valence-electron chi connectivity index (χ1n) is 13.0.